The van der Waals surface area contributed by atoms with Crippen LogP contribution in [0.15, 0.2) is 54.6 Å². The van der Waals surface area contributed by atoms with Crippen LogP contribution in [0, 0.1) is 13.8 Å². The Hall–Kier alpha value is -5.59. The summed E-state index contributed by atoms with van der Waals surface area (Å²) in [4.78, 5) is 38.6. The molecule has 0 unspecified atom stereocenters. The number of esters is 1. The fourth-order valence-electron chi connectivity index (χ4n) is 5.44. The van der Waals surface area contributed by atoms with Crippen molar-refractivity contribution >= 4 is 34.8 Å². The van der Waals surface area contributed by atoms with Gasteiger partial charge in [-0.25, -0.2) is 18.7 Å². The minimum atomic E-state index is -0.402. The highest BCUT2D eigenvalue weighted by atomic mass is 16.5. The molecule has 2 aromatic carbocycles. The van der Waals surface area contributed by atoms with Gasteiger partial charge in [-0.3, -0.25) is 19.8 Å². The van der Waals surface area contributed by atoms with E-state index in [-0.39, 0.29) is 11.8 Å². The Kier molecular flexibility index (Phi) is 7.51. The van der Waals surface area contributed by atoms with E-state index in [0.717, 1.165) is 36.5 Å². The van der Waals surface area contributed by atoms with Gasteiger partial charge in [0.25, 0.3) is 11.8 Å². The molecule has 0 saturated carbocycles. The number of nitrogens with one attached hydrogen (secondary N) is 2. The first kappa shape index (κ1) is 28.5. The number of amides is 2. The zero-order chi connectivity index (χ0) is 31.0. The van der Waals surface area contributed by atoms with E-state index in [4.69, 9.17) is 0 Å². The van der Waals surface area contributed by atoms with Gasteiger partial charge >= 0.3 is 5.97 Å². The standard InChI is InChI=1S/C23H21N5O2.C8H10N4O2/c1-2-18-20(27-22(29)16-12-6-7-13-17(16)23(27)30)21-25-24-19(28(21)26-18)14-8-11-15-9-4-3-5-10-15;1-4-6(8(13)14-3)7-10-9-5(2)12(7)11-4/h3-7,9-10,12-13,26H,2,8,11,14H2,1H3;11H,1-3H3. The first-order valence-electron chi connectivity index (χ1n) is 14.3. The van der Waals surface area contributed by atoms with Crippen molar-refractivity contribution in [2.75, 3.05) is 12.0 Å². The normalized spacial score (nSPS) is 12.6. The molecule has 2 amide bonds. The second-order valence-corrected chi connectivity index (χ2v) is 10.4. The van der Waals surface area contributed by atoms with Gasteiger partial charge in [-0.1, -0.05) is 49.4 Å². The number of aromatic nitrogens is 8. The molecule has 5 heterocycles. The lowest BCUT2D eigenvalue weighted by Gasteiger charge is -2.13. The summed E-state index contributed by atoms with van der Waals surface area (Å²) >= 11 is 0. The first-order chi connectivity index (χ1) is 21.3. The summed E-state index contributed by atoms with van der Waals surface area (Å²) in [6.07, 6.45) is 3.24. The number of H-pyrrole nitrogens is 2. The molecule has 13 nitrogen and oxygen atoms in total. The molecule has 0 aliphatic carbocycles. The number of hydrogen-bond donors (Lipinski definition) is 2. The minimum Gasteiger partial charge on any atom is -0.465 e. The third-order valence-electron chi connectivity index (χ3n) is 7.65. The Morgan fingerprint density at radius 3 is 2.14 bits per heavy atom. The summed E-state index contributed by atoms with van der Waals surface area (Å²) in [6, 6.07) is 17.2. The Morgan fingerprint density at radius 2 is 1.48 bits per heavy atom. The molecule has 6 aromatic rings. The van der Waals surface area contributed by atoms with Crippen molar-refractivity contribution in [2.24, 2.45) is 0 Å². The van der Waals surface area contributed by atoms with Gasteiger partial charge in [0, 0.05) is 12.1 Å². The quantitative estimate of drug-likeness (QED) is 0.207. The molecular formula is C31H31N9O4. The van der Waals surface area contributed by atoms with Crippen LogP contribution in [0.4, 0.5) is 5.69 Å². The van der Waals surface area contributed by atoms with Crippen molar-refractivity contribution in [3.8, 4) is 0 Å². The summed E-state index contributed by atoms with van der Waals surface area (Å²) in [7, 11) is 1.34. The second kappa shape index (κ2) is 11.6. The highest BCUT2D eigenvalue weighted by molar-refractivity contribution is 6.35. The monoisotopic (exact) mass is 593 g/mol. The van der Waals surface area contributed by atoms with E-state index < -0.39 is 5.97 Å². The molecule has 0 radical (unpaired) electrons. The van der Waals surface area contributed by atoms with E-state index in [1.54, 1.807) is 42.6 Å². The van der Waals surface area contributed by atoms with Crippen molar-refractivity contribution in [3.63, 3.8) is 0 Å². The largest absolute Gasteiger partial charge is 0.465 e. The average molecular weight is 594 g/mol. The lowest BCUT2D eigenvalue weighted by atomic mass is 10.1. The van der Waals surface area contributed by atoms with Crippen LogP contribution in [0.5, 0.6) is 0 Å². The van der Waals surface area contributed by atoms with E-state index in [2.05, 4.69) is 47.5 Å². The maximum Gasteiger partial charge on any atom is 0.343 e. The summed E-state index contributed by atoms with van der Waals surface area (Å²) in [5.74, 6) is 0.457. The number of benzene rings is 2. The molecule has 0 bridgehead atoms. The molecule has 1 aliphatic rings. The number of carbonyl (C=O) groups is 3. The molecule has 2 N–H and O–H groups in total. The van der Waals surface area contributed by atoms with Crippen LogP contribution in [0.3, 0.4) is 0 Å². The highest BCUT2D eigenvalue weighted by Crippen LogP contribution is 2.34. The van der Waals surface area contributed by atoms with Crippen LogP contribution in [-0.4, -0.2) is 64.5 Å². The Bertz CT molecular complexity index is 1980. The van der Waals surface area contributed by atoms with Crippen molar-refractivity contribution in [1.29, 1.82) is 0 Å². The van der Waals surface area contributed by atoms with Gasteiger partial charge in [-0.05, 0) is 50.8 Å². The summed E-state index contributed by atoms with van der Waals surface area (Å²) in [5.41, 5.74) is 5.61. The zero-order valence-electron chi connectivity index (χ0n) is 24.8. The van der Waals surface area contributed by atoms with E-state index in [1.165, 1.54) is 17.6 Å². The number of ether oxygens (including phenoxy) is 1. The van der Waals surface area contributed by atoms with Crippen LogP contribution >= 0.6 is 0 Å². The lowest BCUT2D eigenvalue weighted by Crippen LogP contribution is -2.30. The Labute approximate surface area is 251 Å². The number of nitrogens with zero attached hydrogens (tertiary/aromatic N) is 7. The summed E-state index contributed by atoms with van der Waals surface area (Å²) in [5, 5.41) is 22.7. The fourth-order valence-corrected chi connectivity index (χ4v) is 5.44. The molecule has 13 heteroatoms. The zero-order valence-corrected chi connectivity index (χ0v) is 24.8. The fraction of sp³-hybridized carbons (Fsp3) is 0.258. The molecule has 0 saturated heterocycles. The molecule has 7 rings (SSSR count). The van der Waals surface area contributed by atoms with Crippen molar-refractivity contribution in [1.82, 2.24) is 39.6 Å². The van der Waals surface area contributed by atoms with Gasteiger partial charge in [-0.15, -0.1) is 20.4 Å². The molecule has 1 aliphatic heterocycles. The number of methoxy groups -OCH3 is 1. The van der Waals surface area contributed by atoms with Gasteiger partial charge in [0.15, 0.2) is 11.5 Å². The number of anilines is 1. The summed E-state index contributed by atoms with van der Waals surface area (Å²) < 4.78 is 8.12. The third-order valence-corrected chi connectivity index (χ3v) is 7.65. The Morgan fingerprint density at radius 1 is 0.818 bits per heavy atom. The van der Waals surface area contributed by atoms with Gasteiger partial charge in [0.2, 0.25) is 5.65 Å². The number of imide groups is 1. The van der Waals surface area contributed by atoms with E-state index >= 15 is 0 Å². The number of aryl methyl sites for hydroxylation is 5. The molecule has 0 spiro atoms. The highest BCUT2D eigenvalue weighted by Gasteiger charge is 2.39. The molecule has 0 atom stereocenters. The van der Waals surface area contributed by atoms with Crippen LogP contribution in [-0.2, 0) is 24.0 Å². The van der Waals surface area contributed by atoms with Gasteiger partial charge < -0.3 is 4.74 Å². The van der Waals surface area contributed by atoms with E-state index in [0.29, 0.717) is 45.9 Å². The van der Waals surface area contributed by atoms with Crippen LogP contribution in [0.25, 0.3) is 11.3 Å². The smallest absolute Gasteiger partial charge is 0.343 e. The summed E-state index contributed by atoms with van der Waals surface area (Å²) in [6.45, 7) is 5.58. The van der Waals surface area contributed by atoms with Crippen LogP contribution in [0.2, 0.25) is 0 Å². The predicted octanol–water partition coefficient (Wildman–Crippen LogP) is 4.06. The van der Waals surface area contributed by atoms with Crippen molar-refractivity contribution in [2.45, 2.75) is 46.5 Å². The van der Waals surface area contributed by atoms with E-state index in [1.807, 2.05) is 29.6 Å². The topological polar surface area (TPSA) is 156 Å². The van der Waals surface area contributed by atoms with Crippen LogP contribution in [0.1, 0.15) is 73.0 Å². The second-order valence-electron chi connectivity index (χ2n) is 10.4. The first-order valence-corrected chi connectivity index (χ1v) is 14.3. The van der Waals surface area contributed by atoms with E-state index in [9.17, 15) is 14.4 Å². The number of aromatic amines is 2. The number of rotatable bonds is 7. The molecule has 44 heavy (non-hydrogen) atoms. The number of hydrogen-bond acceptors (Lipinski definition) is 8. The molecule has 224 valence electrons. The maximum absolute atomic E-state index is 13.0. The lowest BCUT2D eigenvalue weighted by molar-refractivity contribution is 0.0601. The van der Waals surface area contributed by atoms with Crippen molar-refractivity contribution < 1.29 is 19.1 Å². The maximum atomic E-state index is 13.0. The van der Waals surface area contributed by atoms with Gasteiger partial charge in [-0.2, -0.15) is 0 Å². The number of fused-ring (bicyclic) bond motifs is 3. The number of carbonyl (C=O) groups excluding carboxylic acids is 3. The van der Waals surface area contributed by atoms with Gasteiger partial charge in [0.05, 0.1) is 23.9 Å². The van der Waals surface area contributed by atoms with Crippen LogP contribution < -0.4 is 4.90 Å². The molecule has 4 aromatic heterocycles. The molecular weight excluding hydrogens is 562 g/mol. The molecule has 0 fully saturated rings. The third kappa shape index (κ3) is 4.81. The Balaban J connectivity index is 0.000000205. The van der Waals surface area contributed by atoms with Crippen molar-refractivity contribution in [3.05, 3.63) is 99.9 Å². The SMILES string of the molecule is CCc1[nH]n2c(CCCc3ccccc3)nnc2c1N1C(=O)c2ccccc2C1=O.COC(=O)c1c(C)[nH]n2c(C)nnc12. The predicted molar refractivity (Wildman–Crippen MR) is 161 cm³/mol. The minimum absolute atomic E-state index is 0.319. The van der Waals surface area contributed by atoms with Gasteiger partial charge in [0.1, 0.15) is 17.1 Å². The average Bonchev–Trinajstić information content (AvgIpc) is 3.83.